The standard InChI is InChI=1S/C17H23N3O3/c1-19-7-8-23-15(12-19)10-18-17(22)13-9-16(21)20(11-13)14-5-3-2-4-6-14/h2-6,13,15H,7-12H2,1H3,(H,18,22)/t13-,15+/m0/s1. The molecule has 23 heavy (non-hydrogen) atoms. The molecule has 2 heterocycles. The number of nitrogens with one attached hydrogen (secondary N) is 1. The van der Waals surface area contributed by atoms with E-state index in [2.05, 4.69) is 10.2 Å². The minimum Gasteiger partial charge on any atom is -0.374 e. The van der Waals surface area contributed by atoms with Gasteiger partial charge in [-0.15, -0.1) is 0 Å². The lowest BCUT2D eigenvalue weighted by Crippen LogP contribution is -2.47. The van der Waals surface area contributed by atoms with Gasteiger partial charge in [-0.25, -0.2) is 0 Å². The van der Waals surface area contributed by atoms with Crippen LogP contribution in [-0.4, -0.2) is 62.7 Å². The fourth-order valence-electron chi connectivity index (χ4n) is 3.09. The molecule has 1 aromatic carbocycles. The average molecular weight is 317 g/mol. The Morgan fingerprint density at radius 2 is 2.09 bits per heavy atom. The largest absolute Gasteiger partial charge is 0.374 e. The Hall–Kier alpha value is -1.92. The Labute approximate surface area is 136 Å². The van der Waals surface area contributed by atoms with Gasteiger partial charge in [0.2, 0.25) is 11.8 Å². The third-order valence-electron chi connectivity index (χ3n) is 4.41. The minimum atomic E-state index is -0.288. The molecule has 2 atom stereocenters. The lowest BCUT2D eigenvalue weighted by Gasteiger charge is -2.30. The van der Waals surface area contributed by atoms with Crippen molar-refractivity contribution in [1.82, 2.24) is 10.2 Å². The predicted octanol–water partition coefficient (Wildman–Crippen LogP) is 0.486. The van der Waals surface area contributed by atoms with Crippen LogP contribution in [0.5, 0.6) is 0 Å². The number of rotatable bonds is 4. The lowest BCUT2D eigenvalue weighted by molar-refractivity contribution is -0.127. The van der Waals surface area contributed by atoms with Gasteiger partial charge in [-0.05, 0) is 19.2 Å². The highest BCUT2D eigenvalue weighted by Gasteiger charge is 2.35. The molecule has 0 spiro atoms. The summed E-state index contributed by atoms with van der Waals surface area (Å²) < 4.78 is 5.64. The Morgan fingerprint density at radius 1 is 1.30 bits per heavy atom. The number of carbonyl (C=O) groups excluding carboxylic acids is 2. The first kappa shape index (κ1) is 16.0. The fraction of sp³-hybridized carbons (Fsp3) is 0.529. The van der Waals surface area contributed by atoms with Gasteiger partial charge in [0.15, 0.2) is 0 Å². The number of hydrogen-bond acceptors (Lipinski definition) is 4. The molecule has 0 bridgehead atoms. The number of nitrogens with zero attached hydrogens (tertiary/aromatic N) is 2. The van der Waals surface area contributed by atoms with Crippen molar-refractivity contribution in [3.05, 3.63) is 30.3 Å². The molecule has 0 radical (unpaired) electrons. The van der Waals surface area contributed by atoms with Crippen molar-refractivity contribution in [2.45, 2.75) is 12.5 Å². The van der Waals surface area contributed by atoms with Crippen LogP contribution in [0.25, 0.3) is 0 Å². The normalized spacial score (nSPS) is 25.6. The molecule has 2 saturated heterocycles. The third kappa shape index (κ3) is 3.89. The molecule has 2 amide bonds. The number of benzene rings is 1. The van der Waals surface area contributed by atoms with Gasteiger partial charge < -0.3 is 19.9 Å². The summed E-state index contributed by atoms with van der Waals surface area (Å²) in [6, 6.07) is 9.49. The van der Waals surface area contributed by atoms with E-state index in [1.165, 1.54) is 0 Å². The Balaban J connectivity index is 1.52. The zero-order valence-corrected chi connectivity index (χ0v) is 13.4. The summed E-state index contributed by atoms with van der Waals surface area (Å²) in [5.41, 5.74) is 0.852. The molecular formula is C17H23N3O3. The number of likely N-dealkylation sites (N-methyl/N-ethyl adjacent to an activating group) is 1. The Morgan fingerprint density at radius 3 is 2.83 bits per heavy atom. The van der Waals surface area contributed by atoms with Crippen molar-refractivity contribution in [2.75, 3.05) is 44.7 Å². The second-order valence-corrected chi connectivity index (χ2v) is 6.24. The third-order valence-corrected chi connectivity index (χ3v) is 4.41. The van der Waals surface area contributed by atoms with E-state index in [9.17, 15) is 9.59 Å². The highest BCUT2D eigenvalue weighted by Crippen LogP contribution is 2.24. The molecule has 0 aliphatic carbocycles. The van der Waals surface area contributed by atoms with Crippen LogP contribution in [0.15, 0.2) is 30.3 Å². The van der Waals surface area contributed by atoms with Crippen molar-refractivity contribution >= 4 is 17.5 Å². The summed E-state index contributed by atoms with van der Waals surface area (Å²) in [6.45, 7) is 3.38. The maximum atomic E-state index is 12.3. The van der Waals surface area contributed by atoms with Crippen LogP contribution < -0.4 is 10.2 Å². The monoisotopic (exact) mass is 317 g/mol. The maximum Gasteiger partial charge on any atom is 0.227 e. The van der Waals surface area contributed by atoms with Gasteiger partial charge in [-0.1, -0.05) is 18.2 Å². The zero-order chi connectivity index (χ0) is 16.2. The number of para-hydroxylation sites is 1. The van der Waals surface area contributed by atoms with Crippen molar-refractivity contribution in [3.8, 4) is 0 Å². The molecule has 2 aliphatic rings. The van der Waals surface area contributed by atoms with Crippen LogP contribution in [0.3, 0.4) is 0 Å². The molecule has 0 aromatic heterocycles. The molecule has 1 N–H and O–H groups in total. The summed E-state index contributed by atoms with van der Waals surface area (Å²) in [5, 5.41) is 2.94. The SMILES string of the molecule is CN1CCO[C@H](CNC(=O)[C@H]2CC(=O)N(c3ccccc3)C2)C1. The Kier molecular flexibility index (Phi) is 4.93. The van der Waals surface area contributed by atoms with E-state index in [0.29, 0.717) is 19.7 Å². The summed E-state index contributed by atoms with van der Waals surface area (Å²) in [6.07, 6.45) is 0.298. The second-order valence-electron chi connectivity index (χ2n) is 6.24. The van der Waals surface area contributed by atoms with Crippen LogP contribution in [0.1, 0.15) is 6.42 Å². The quantitative estimate of drug-likeness (QED) is 0.878. The van der Waals surface area contributed by atoms with E-state index in [0.717, 1.165) is 18.8 Å². The molecule has 2 aliphatic heterocycles. The highest BCUT2D eigenvalue weighted by atomic mass is 16.5. The first-order valence-corrected chi connectivity index (χ1v) is 8.07. The van der Waals surface area contributed by atoms with Crippen LogP contribution in [-0.2, 0) is 14.3 Å². The van der Waals surface area contributed by atoms with Crippen LogP contribution in [0.4, 0.5) is 5.69 Å². The molecule has 124 valence electrons. The average Bonchev–Trinajstić information content (AvgIpc) is 2.95. The van der Waals surface area contributed by atoms with Crippen LogP contribution in [0, 0.1) is 5.92 Å². The molecule has 6 nitrogen and oxygen atoms in total. The molecule has 3 rings (SSSR count). The van der Waals surface area contributed by atoms with Crippen LogP contribution >= 0.6 is 0 Å². The number of anilines is 1. The van der Waals surface area contributed by atoms with E-state index in [4.69, 9.17) is 4.74 Å². The van der Waals surface area contributed by atoms with E-state index in [-0.39, 0.29) is 30.3 Å². The van der Waals surface area contributed by atoms with E-state index in [1.54, 1.807) is 4.90 Å². The van der Waals surface area contributed by atoms with Crippen molar-refractivity contribution in [2.24, 2.45) is 5.92 Å². The highest BCUT2D eigenvalue weighted by molar-refractivity contribution is 6.00. The van der Waals surface area contributed by atoms with Gasteiger partial charge >= 0.3 is 0 Å². The topological polar surface area (TPSA) is 61.9 Å². The molecule has 6 heteroatoms. The molecular weight excluding hydrogens is 294 g/mol. The van der Waals surface area contributed by atoms with Gasteiger partial charge in [0, 0.05) is 38.3 Å². The number of hydrogen-bond donors (Lipinski definition) is 1. The van der Waals surface area contributed by atoms with Gasteiger partial charge in [-0.3, -0.25) is 9.59 Å². The maximum absolute atomic E-state index is 12.3. The lowest BCUT2D eigenvalue weighted by atomic mass is 10.1. The van der Waals surface area contributed by atoms with Gasteiger partial charge in [0.05, 0.1) is 18.6 Å². The molecule has 0 saturated carbocycles. The molecule has 2 fully saturated rings. The summed E-state index contributed by atoms with van der Waals surface area (Å²) >= 11 is 0. The summed E-state index contributed by atoms with van der Waals surface area (Å²) in [5.74, 6) is -0.345. The minimum absolute atomic E-state index is 0.00463. The van der Waals surface area contributed by atoms with Gasteiger partial charge in [0.25, 0.3) is 0 Å². The summed E-state index contributed by atoms with van der Waals surface area (Å²) in [4.78, 5) is 28.4. The van der Waals surface area contributed by atoms with E-state index in [1.807, 2.05) is 37.4 Å². The molecule has 0 unspecified atom stereocenters. The predicted molar refractivity (Wildman–Crippen MR) is 87.1 cm³/mol. The van der Waals surface area contributed by atoms with Gasteiger partial charge in [-0.2, -0.15) is 0 Å². The first-order chi connectivity index (χ1) is 11.1. The zero-order valence-electron chi connectivity index (χ0n) is 13.4. The number of carbonyl (C=O) groups is 2. The van der Waals surface area contributed by atoms with E-state index < -0.39 is 0 Å². The smallest absolute Gasteiger partial charge is 0.227 e. The number of morpholine rings is 1. The van der Waals surface area contributed by atoms with Crippen molar-refractivity contribution in [3.63, 3.8) is 0 Å². The first-order valence-electron chi connectivity index (χ1n) is 8.07. The number of amides is 2. The second kappa shape index (κ2) is 7.10. The van der Waals surface area contributed by atoms with Crippen molar-refractivity contribution in [1.29, 1.82) is 0 Å². The van der Waals surface area contributed by atoms with Gasteiger partial charge in [0.1, 0.15) is 0 Å². The number of ether oxygens (including phenoxy) is 1. The summed E-state index contributed by atoms with van der Waals surface area (Å²) in [7, 11) is 2.05. The molecule has 1 aromatic rings. The van der Waals surface area contributed by atoms with Crippen LogP contribution in [0.2, 0.25) is 0 Å². The Bertz CT molecular complexity index is 563. The van der Waals surface area contributed by atoms with E-state index >= 15 is 0 Å². The van der Waals surface area contributed by atoms with Crippen molar-refractivity contribution < 1.29 is 14.3 Å². The fourth-order valence-corrected chi connectivity index (χ4v) is 3.09.